The number of amides is 2. The second kappa shape index (κ2) is 8.76. The largest absolute Gasteiger partial charge is 0.481 e. The van der Waals surface area contributed by atoms with Crippen molar-refractivity contribution in [2.45, 2.75) is 37.9 Å². The van der Waals surface area contributed by atoms with E-state index >= 15 is 0 Å². The normalized spacial score (nSPS) is 22.4. The Hall–Kier alpha value is -3.39. The topological polar surface area (TPSA) is 105 Å². The minimum absolute atomic E-state index is 0.00380. The number of hydrogen-bond donors (Lipinski definition) is 2. The van der Waals surface area contributed by atoms with Crippen LogP contribution in [-0.4, -0.2) is 66.4 Å². The van der Waals surface area contributed by atoms with Crippen molar-refractivity contribution in [3.8, 4) is 11.1 Å². The van der Waals surface area contributed by atoms with Crippen LogP contribution in [0.4, 0.5) is 4.79 Å². The highest BCUT2D eigenvalue weighted by molar-refractivity contribution is 5.86. The summed E-state index contributed by atoms with van der Waals surface area (Å²) in [5.41, 5.74) is 3.78. The average Bonchev–Trinajstić information content (AvgIpc) is 3.42. The number of rotatable bonds is 6. The first kappa shape index (κ1) is 22.4. The molecular weight excluding hydrogens is 436 g/mol. The van der Waals surface area contributed by atoms with Crippen molar-refractivity contribution in [3.63, 3.8) is 0 Å². The number of fused-ring (bicyclic) bond motifs is 3. The summed E-state index contributed by atoms with van der Waals surface area (Å²) in [5.74, 6) is -1.08. The Morgan fingerprint density at radius 2 is 1.68 bits per heavy atom. The van der Waals surface area contributed by atoms with Crippen molar-refractivity contribution < 1.29 is 29.0 Å². The van der Waals surface area contributed by atoms with Gasteiger partial charge in [-0.1, -0.05) is 48.5 Å². The molecule has 3 aliphatic rings. The Morgan fingerprint density at radius 3 is 2.29 bits per heavy atom. The predicted molar refractivity (Wildman–Crippen MR) is 123 cm³/mol. The Labute approximate surface area is 197 Å². The Kier molecular flexibility index (Phi) is 5.77. The van der Waals surface area contributed by atoms with Crippen molar-refractivity contribution in [3.05, 3.63) is 59.7 Å². The summed E-state index contributed by atoms with van der Waals surface area (Å²) in [4.78, 5) is 37.7. The number of carbonyl (C=O) groups is 3. The highest BCUT2D eigenvalue weighted by Gasteiger charge is 2.49. The number of carboxylic acid groups (broad SMARTS) is 1. The monoisotopic (exact) mass is 464 g/mol. The minimum Gasteiger partial charge on any atom is -0.481 e. The molecule has 8 heteroatoms. The lowest BCUT2D eigenvalue weighted by Gasteiger charge is -2.45. The van der Waals surface area contributed by atoms with Gasteiger partial charge >= 0.3 is 12.1 Å². The van der Waals surface area contributed by atoms with Crippen molar-refractivity contribution in [2.75, 3.05) is 26.2 Å². The minimum atomic E-state index is -0.894. The van der Waals surface area contributed by atoms with E-state index in [9.17, 15) is 19.5 Å². The molecular formula is C26H28N2O6. The Morgan fingerprint density at radius 1 is 1.06 bits per heavy atom. The van der Waals surface area contributed by atoms with E-state index in [2.05, 4.69) is 29.6 Å². The van der Waals surface area contributed by atoms with Crippen molar-refractivity contribution in [2.24, 2.45) is 5.41 Å². The summed E-state index contributed by atoms with van der Waals surface area (Å²) < 4.78 is 11.4. The third-order valence-corrected chi connectivity index (χ3v) is 7.11. The molecule has 0 saturated carbocycles. The van der Waals surface area contributed by atoms with E-state index < -0.39 is 23.6 Å². The summed E-state index contributed by atoms with van der Waals surface area (Å²) in [6.07, 6.45) is -0.185. The smallest absolute Gasteiger partial charge is 0.407 e. The van der Waals surface area contributed by atoms with Gasteiger partial charge in [0.15, 0.2) is 0 Å². The molecule has 2 aromatic carbocycles. The molecule has 5 rings (SSSR count). The predicted octanol–water partition coefficient (Wildman–Crippen LogP) is 3.01. The quantitative estimate of drug-likeness (QED) is 0.681. The maximum Gasteiger partial charge on any atom is 0.407 e. The van der Waals surface area contributed by atoms with Crippen molar-refractivity contribution in [1.82, 2.24) is 10.2 Å². The van der Waals surface area contributed by atoms with E-state index in [0.717, 1.165) is 11.1 Å². The van der Waals surface area contributed by atoms with Gasteiger partial charge in [0.05, 0.1) is 6.10 Å². The molecule has 0 bridgehead atoms. The van der Waals surface area contributed by atoms with E-state index in [1.54, 1.807) is 6.92 Å². The number of carboxylic acids is 1. The second-order valence-corrected chi connectivity index (χ2v) is 9.59. The van der Waals surface area contributed by atoms with Crippen LogP contribution in [0.25, 0.3) is 11.1 Å². The lowest BCUT2D eigenvalue weighted by atomic mass is 9.82. The van der Waals surface area contributed by atoms with E-state index in [1.807, 2.05) is 24.3 Å². The van der Waals surface area contributed by atoms with Gasteiger partial charge in [-0.3, -0.25) is 9.59 Å². The summed E-state index contributed by atoms with van der Waals surface area (Å²) in [6.45, 7) is 2.53. The number of hydrogen-bond acceptors (Lipinski definition) is 5. The lowest BCUT2D eigenvalue weighted by molar-refractivity contribution is -0.168. The SMILES string of the molecule is CC1(C(=O)O)CN(C(=O)C2CCC(CNC(=O)OCC3c4ccccc4-c4ccccc43)O2)C1. The van der Waals surface area contributed by atoms with Crippen LogP contribution in [0, 0.1) is 5.41 Å². The maximum absolute atomic E-state index is 12.6. The zero-order valence-electron chi connectivity index (χ0n) is 19.0. The summed E-state index contributed by atoms with van der Waals surface area (Å²) in [7, 11) is 0. The molecule has 2 atom stereocenters. The molecule has 2 saturated heterocycles. The molecule has 0 spiro atoms. The summed E-state index contributed by atoms with van der Waals surface area (Å²) in [6, 6.07) is 16.3. The molecule has 2 unspecified atom stereocenters. The van der Waals surface area contributed by atoms with Crippen LogP contribution in [-0.2, 0) is 19.1 Å². The molecule has 2 aromatic rings. The third-order valence-electron chi connectivity index (χ3n) is 7.11. The first-order valence-electron chi connectivity index (χ1n) is 11.6. The van der Waals surface area contributed by atoms with E-state index in [-0.39, 0.29) is 44.2 Å². The van der Waals surface area contributed by atoms with Crippen molar-refractivity contribution >= 4 is 18.0 Å². The van der Waals surface area contributed by atoms with Crippen LogP contribution in [0.15, 0.2) is 48.5 Å². The van der Waals surface area contributed by atoms with Crippen LogP contribution < -0.4 is 5.32 Å². The number of aliphatic carboxylic acids is 1. The average molecular weight is 465 g/mol. The second-order valence-electron chi connectivity index (χ2n) is 9.59. The van der Waals surface area contributed by atoms with Gasteiger partial charge in [-0.2, -0.15) is 0 Å². The van der Waals surface area contributed by atoms with Crippen LogP contribution in [0.1, 0.15) is 36.8 Å². The zero-order valence-corrected chi connectivity index (χ0v) is 19.0. The number of alkyl carbamates (subject to hydrolysis) is 1. The van der Waals surface area contributed by atoms with Gasteiger partial charge in [0.25, 0.3) is 5.91 Å². The van der Waals surface area contributed by atoms with E-state index in [1.165, 1.54) is 16.0 Å². The van der Waals surface area contributed by atoms with Gasteiger partial charge in [0.2, 0.25) is 0 Å². The van der Waals surface area contributed by atoms with Crippen LogP contribution in [0.5, 0.6) is 0 Å². The fourth-order valence-corrected chi connectivity index (χ4v) is 5.18. The first-order valence-corrected chi connectivity index (χ1v) is 11.6. The third kappa shape index (κ3) is 4.03. The van der Waals surface area contributed by atoms with Gasteiger partial charge < -0.3 is 24.8 Å². The van der Waals surface area contributed by atoms with Crippen molar-refractivity contribution in [1.29, 1.82) is 0 Å². The molecule has 2 heterocycles. The number of nitrogens with one attached hydrogen (secondary N) is 1. The standard InChI is InChI=1S/C26H28N2O6/c1-26(24(30)31)14-28(15-26)23(29)22-11-10-16(34-22)12-27-25(32)33-13-21-19-8-4-2-6-17(19)18-7-3-5-9-20(18)21/h2-9,16,21-22H,10-15H2,1H3,(H,27,32)(H,30,31). The van der Waals surface area contributed by atoms with Crippen LogP contribution in [0.3, 0.4) is 0 Å². The highest BCUT2D eigenvalue weighted by atomic mass is 16.5. The number of ether oxygens (including phenoxy) is 2. The van der Waals surface area contributed by atoms with Crippen LogP contribution >= 0.6 is 0 Å². The van der Waals surface area contributed by atoms with Gasteiger partial charge in [0, 0.05) is 25.6 Å². The molecule has 34 heavy (non-hydrogen) atoms. The van der Waals surface area contributed by atoms with Crippen LogP contribution in [0.2, 0.25) is 0 Å². The number of carbonyl (C=O) groups excluding carboxylic acids is 2. The summed E-state index contributed by atoms with van der Waals surface area (Å²) in [5, 5.41) is 12.0. The fraction of sp³-hybridized carbons (Fsp3) is 0.423. The first-order chi connectivity index (χ1) is 16.4. The molecule has 8 nitrogen and oxygen atoms in total. The van der Waals surface area contributed by atoms with E-state index in [4.69, 9.17) is 9.47 Å². The molecule has 1 aliphatic carbocycles. The van der Waals surface area contributed by atoms with Gasteiger partial charge in [-0.15, -0.1) is 0 Å². The van der Waals surface area contributed by atoms with Gasteiger partial charge in [0.1, 0.15) is 18.1 Å². The number of nitrogens with zero attached hydrogens (tertiary/aromatic N) is 1. The molecule has 2 fully saturated rings. The Bertz CT molecular complexity index is 1080. The molecule has 2 aliphatic heterocycles. The highest BCUT2D eigenvalue weighted by Crippen LogP contribution is 2.44. The fourth-order valence-electron chi connectivity index (χ4n) is 5.18. The molecule has 2 N–H and O–H groups in total. The van der Waals surface area contributed by atoms with E-state index in [0.29, 0.717) is 12.8 Å². The lowest BCUT2D eigenvalue weighted by Crippen LogP contribution is -2.62. The maximum atomic E-state index is 12.6. The van der Waals surface area contributed by atoms with Gasteiger partial charge in [-0.05, 0) is 42.0 Å². The number of benzene rings is 2. The number of likely N-dealkylation sites (tertiary alicyclic amines) is 1. The zero-order chi connectivity index (χ0) is 23.9. The Balaban J connectivity index is 1.09. The molecule has 0 aromatic heterocycles. The summed E-state index contributed by atoms with van der Waals surface area (Å²) >= 11 is 0. The molecule has 2 amide bonds. The molecule has 0 radical (unpaired) electrons. The van der Waals surface area contributed by atoms with Gasteiger partial charge in [-0.25, -0.2) is 4.79 Å². The molecule has 178 valence electrons.